The number of esters is 1. The molecule has 1 fully saturated rings. The molecule has 0 bridgehead atoms. The number of hydrogen-bond acceptors (Lipinski definition) is 11. The number of carbonyl (C=O) groups is 1. The zero-order valence-electron chi connectivity index (χ0n) is 19.7. The maximum absolute atomic E-state index is 13.7. The van der Waals surface area contributed by atoms with E-state index < -0.39 is 6.04 Å². The number of nitrogens with two attached hydrogens (primary N) is 1. The van der Waals surface area contributed by atoms with E-state index in [-0.39, 0.29) is 35.1 Å². The molecule has 5 rings (SSSR count). The molecule has 1 unspecified atom stereocenters. The van der Waals surface area contributed by atoms with Crippen molar-refractivity contribution >= 4 is 40.1 Å². The average Bonchev–Trinajstić information content (AvgIpc) is 3.24. The SMILES string of the molecule is COC(=O)C1CC(n2c(C(C)Nc3ncnc(N)c3-c3nnn(C)n3)nc3cccc(Cl)c3c2=O)C1. The van der Waals surface area contributed by atoms with Gasteiger partial charge in [-0.2, -0.15) is 4.80 Å². The second-order valence-corrected chi connectivity index (χ2v) is 8.98. The Hall–Kier alpha value is -4.13. The first-order valence-corrected chi connectivity index (χ1v) is 11.6. The minimum Gasteiger partial charge on any atom is -0.469 e. The molecular weight excluding hydrogens is 488 g/mol. The normalized spacial score (nSPS) is 18.0. The van der Waals surface area contributed by atoms with Gasteiger partial charge in [0.1, 0.15) is 29.4 Å². The fourth-order valence-corrected chi connectivity index (χ4v) is 4.67. The van der Waals surface area contributed by atoms with E-state index in [1.165, 1.54) is 18.2 Å². The summed E-state index contributed by atoms with van der Waals surface area (Å²) < 4.78 is 6.47. The summed E-state index contributed by atoms with van der Waals surface area (Å²) in [6.07, 6.45) is 2.23. The lowest BCUT2D eigenvalue weighted by Gasteiger charge is -2.36. The molecule has 0 saturated heterocycles. The number of anilines is 2. The van der Waals surface area contributed by atoms with E-state index >= 15 is 0 Å². The van der Waals surface area contributed by atoms with Crippen LogP contribution in [0.2, 0.25) is 5.02 Å². The number of hydrogen-bond donors (Lipinski definition) is 2. The van der Waals surface area contributed by atoms with Crippen molar-refractivity contribution < 1.29 is 9.53 Å². The Balaban J connectivity index is 1.58. The number of methoxy groups -OCH3 is 1. The number of rotatable bonds is 6. The van der Waals surface area contributed by atoms with Gasteiger partial charge in [-0.1, -0.05) is 17.7 Å². The van der Waals surface area contributed by atoms with E-state index in [4.69, 9.17) is 27.1 Å². The molecule has 1 atom stereocenters. The first-order valence-electron chi connectivity index (χ1n) is 11.2. The molecule has 1 aromatic carbocycles. The fraction of sp³-hybridized carbons (Fsp3) is 0.364. The summed E-state index contributed by atoms with van der Waals surface area (Å²) in [6, 6.07) is 4.37. The van der Waals surface area contributed by atoms with Crippen LogP contribution in [0.25, 0.3) is 22.3 Å². The second-order valence-electron chi connectivity index (χ2n) is 8.58. The maximum Gasteiger partial charge on any atom is 0.308 e. The van der Waals surface area contributed by atoms with Crippen molar-refractivity contribution in [2.45, 2.75) is 31.8 Å². The number of nitrogens with one attached hydrogen (secondary N) is 1. The van der Waals surface area contributed by atoms with E-state index in [2.05, 4.69) is 30.7 Å². The highest BCUT2D eigenvalue weighted by Crippen LogP contribution is 2.40. The van der Waals surface area contributed by atoms with Gasteiger partial charge in [-0.3, -0.25) is 14.2 Å². The molecule has 3 aromatic heterocycles. The highest BCUT2D eigenvalue weighted by atomic mass is 35.5. The Morgan fingerprint density at radius 1 is 1.31 bits per heavy atom. The first-order chi connectivity index (χ1) is 17.3. The summed E-state index contributed by atoms with van der Waals surface area (Å²) in [4.78, 5) is 40.1. The minimum atomic E-state index is -0.511. The molecule has 186 valence electrons. The van der Waals surface area contributed by atoms with Crippen LogP contribution in [0.4, 0.5) is 11.6 Å². The van der Waals surface area contributed by atoms with Gasteiger partial charge < -0.3 is 15.8 Å². The molecule has 1 saturated carbocycles. The van der Waals surface area contributed by atoms with E-state index in [1.807, 2.05) is 6.92 Å². The lowest BCUT2D eigenvalue weighted by atomic mass is 9.80. The Kier molecular flexibility index (Phi) is 6.00. The summed E-state index contributed by atoms with van der Waals surface area (Å²) in [5, 5.41) is 16.0. The molecule has 0 amide bonds. The van der Waals surface area contributed by atoms with Crippen molar-refractivity contribution in [3.05, 3.63) is 45.7 Å². The van der Waals surface area contributed by atoms with Gasteiger partial charge in [0.05, 0.1) is 42.0 Å². The standard InChI is InChI=1S/C22H23ClN10O3/c1-10(27-18-16(17(24)25-9-26-18)19-29-31-32(2)30-19)20-28-14-6-4-5-13(23)15(14)21(34)33(20)12-7-11(8-12)22(35)36-3/h4-6,9-12H,7-8H2,1-3H3,(H3,24,25,26,27). The molecule has 3 N–H and O–H groups in total. The van der Waals surface area contributed by atoms with Gasteiger partial charge in [-0.05, 0) is 37.1 Å². The maximum atomic E-state index is 13.7. The number of nitrogen functional groups attached to an aromatic ring is 1. The zero-order valence-corrected chi connectivity index (χ0v) is 20.5. The van der Waals surface area contributed by atoms with Crippen molar-refractivity contribution in [3.8, 4) is 11.4 Å². The topological polar surface area (TPSA) is 169 Å². The lowest BCUT2D eigenvalue weighted by Crippen LogP contribution is -2.40. The molecule has 4 aromatic rings. The average molecular weight is 511 g/mol. The summed E-state index contributed by atoms with van der Waals surface area (Å²) in [6.45, 7) is 1.84. The molecule has 0 aliphatic heterocycles. The van der Waals surface area contributed by atoms with Gasteiger partial charge in [0.2, 0.25) is 5.82 Å². The third-order valence-electron chi connectivity index (χ3n) is 6.27. The van der Waals surface area contributed by atoms with Crippen LogP contribution in [0, 0.1) is 5.92 Å². The number of aromatic nitrogens is 8. The van der Waals surface area contributed by atoms with Crippen LogP contribution in [0.5, 0.6) is 0 Å². The van der Waals surface area contributed by atoms with Crippen LogP contribution in [0.3, 0.4) is 0 Å². The van der Waals surface area contributed by atoms with E-state index in [1.54, 1.807) is 29.8 Å². The highest BCUT2D eigenvalue weighted by Gasteiger charge is 2.39. The van der Waals surface area contributed by atoms with Gasteiger partial charge >= 0.3 is 5.97 Å². The van der Waals surface area contributed by atoms with Crippen molar-refractivity contribution in [1.29, 1.82) is 0 Å². The number of carbonyl (C=O) groups excluding carboxylic acids is 1. The van der Waals surface area contributed by atoms with Crippen LogP contribution in [0.15, 0.2) is 29.3 Å². The third kappa shape index (κ3) is 4.00. The van der Waals surface area contributed by atoms with Crippen LogP contribution in [-0.2, 0) is 16.6 Å². The molecule has 36 heavy (non-hydrogen) atoms. The predicted molar refractivity (Wildman–Crippen MR) is 131 cm³/mol. The Bertz CT molecular complexity index is 1530. The molecule has 0 radical (unpaired) electrons. The van der Waals surface area contributed by atoms with Crippen molar-refractivity contribution in [2.24, 2.45) is 13.0 Å². The van der Waals surface area contributed by atoms with E-state index in [0.717, 1.165) is 0 Å². The number of ether oxygens (including phenoxy) is 1. The van der Waals surface area contributed by atoms with Crippen LogP contribution < -0.4 is 16.6 Å². The van der Waals surface area contributed by atoms with Gasteiger partial charge in [0.25, 0.3) is 5.56 Å². The van der Waals surface area contributed by atoms with Gasteiger partial charge in [-0.25, -0.2) is 15.0 Å². The molecule has 1 aliphatic rings. The minimum absolute atomic E-state index is 0.170. The number of aryl methyl sites for hydroxylation is 1. The lowest BCUT2D eigenvalue weighted by molar-refractivity contribution is -0.149. The van der Waals surface area contributed by atoms with Crippen LogP contribution in [0.1, 0.15) is 37.7 Å². The molecule has 1 aliphatic carbocycles. The zero-order chi connectivity index (χ0) is 25.6. The summed E-state index contributed by atoms with van der Waals surface area (Å²) in [7, 11) is 2.99. The van der Waals surface area contributed by atoms with Gasteiger partial charge in [0, 0.05) is 6.04 Å². The number of fused-ring (bicyclic) bond motifs is 1. The van der Waals surface area contributed by atoms with Crippen LogP contribution in [-0.4, -0.2) is 52.8 Å². The quantitative estimate of drug-likeness (QED) is 0.363. The highest BCUT2D eigenvalue weighted by molar-refractivity contribution is 6.35. The fourth-order valence-electron chi connectivity index (χ4n) is 4.42. The molecule has 13 nitrogen and oxygen atoms in total. The summed E-state index contributed by atoms with van der Waals surface area (Å²) in [5.74, 6) is 0.663. The number of tetrazole rings is 1. The Labute approximate surface area is 209 Å². The van der Waals surface area contributed by atoms with E-state index in [0.29, 0.717) is 46.0 Å². The molecule has 14 heteroatoms. The van der Waals surface area contributed by atoms with Crippen molar-refractivity contribution in [2.75, 3.05) is 18.2 Å². The number of nitrogens with zero attached hydrogens (tertiary/aromatic N) is 8. The van der Waals surface area contributed by atoms with Crippen LogP contribution >= 0.6 is 11.6 Å². The summed E-state index contributed by atoms with van der Waals surface area (Å²) in [5.41, 5.74) is 6.69. The molecular formula is C22H23ClN10O3. The summed E-state index contributed by atoms with van der Waals surface area (Å²) >= 11 is 6.38. The van der Waals surface area contributed by atoms with Crippen molar-refractivity contribution in [1.82, 2.24) is 39.7 Å². The monoisotopic (exact) mass is 510 g/mol. The van der Waals surface area contributed by atoms with E-state index in [9.17, 15) is 9.59 Å². The Morgan fingerprint density at radius 2 is 2.08 bits per heavy atom. The number of halogens is 1. The van der Waals surface area contributed by atoms with Gasteiger partial charge in [0.15, 0.2) is 0 Å². The third-order valence-corrected chi connectivity index (χ3v) is 6.58. The van der Waals surface area contributed by atoms with Crippen molar-refractivity contribution in [3.63, 3.8) is 0 Å². The predicted octanol–water partition coefficient (Wildman–Crippen LogP) is 1.91. The Morgan fingerprint density at radius 3 is 2.78 bits per heavy atom. The molecule has 0 spiro atoms. The molecule has 3 heterocycles. The largest absolute Gasteiger partial charge is 0.469 e. The smallest absolute Gasteiger partial charge is 0.308 e. The van der Waals surface area contributed by atoms with Gasteiger partial charge in [-0.15, -0.1) is 10.2 Å². The second kappa shape index (κ2) is 9.15. The number of benzene rings is 1. The first kappa shape index (κ1) is 23.6.